The Morgan fingerprint density at radius 2 is 1.75 bits per heavy atom. The molecule has 0 aliphatic heterocycles. The first-order valence-electron chi connectivity index (χ1n) is 6.64. The average molecular weight is 269 g/mol. The number of methoxy groups -OCH3 is 1. The number of carbonyl (C=O) groups excluding carboxylic acids is 1. The highest BCUT2D eigenvalue weighted by molar-refractivity contribution is 5.73. The molecule has 2 rings (SSSR count). The van der Waals surface area contributed by atoms with E-state index in [9.17, 15) is 4.79 Å². The Balaban J connectivity index is 2.26. The molecule has 3 nitrogen and oxygen atoms in total. The van der Waals surface area contributed by atoms with Crippen LogP contribution in [0.3, 0.4) is 0 Å². The molecule has 104 valence electrons. The summed E-state index contributed by atoms with van der Waals surface area (Å²) in [6.07, 6.45) is 0.702. The molecule has 2 aromatic rings. The minimum Gasteiger partial charge on any atom is -0.496 e. The van der Waals surface area contributed by atoms with Crippen LogP contribution in [0.15, 0.2) is 54.6 Å². The Labute approximate surface area is 119 Å². The Bertz CT molecular complexity index is 566. The van der Waals surface area contributed by atoms with Crippen molar-refractivity contribution in [2.45, 2.75) is 19.4 Å². The maximum Gasteiger partial charge on any atom is 0.217 e. The first-order chi connectivity index (χ1) is 9.70. The van der Waals surface area contributed by atoms with Gasteiger partial charge in [0.1, 0.15) is 5.75 Å². The van der Waals surface area contributed by atoms with Crippen molar-refractivity contribution < 1.29 is 9.53 Å². The van der Waals surface area contributed by atoms with Crippen molar-refractivity contribution in [3.63, 3.8) is 0 Å². The van der Waals surface area contributed by atoms with Crippen LogP contribution in [0.2, 0.25) is 0 Å². The zero-order chi connectivity index (χ0) is 14.4. The molecule has 1 unspecified atom stereocenters. The van der Waals surface area contributed by atoms with Gasteiger partial charge in [0.25, 0.3) is 0 Å². The van der Waals surface area contributed by atoms with Gasteiger partial charge in [0.2, 0.25) is 5.91 Å². The van der Waals surface area contributed by atoms with Gasteiger partial charge >= 0.3 is 0 Å². The molecule has 0 heterocycles. The van der Waals surface area contributed by atoms with Crippen LogP contribution in [-0.2, 0) is 11.2 Å². The number of ether oxygens (including phenoxy) is 1. The zero-order valence-electron chi connectivity index (χ0n) is 11.8. The number of amides is 1. The van der Waals surface area contributed by atoms with Crippen molar-refractivity contribution in [2.24, 2.45) is 0 Å². The van der Waals surface area contributed by atoms with Gasteiger partial charge in [0.05, 0.1) is 13.2 Å². The second-order valence-corrected chi connectivity index (χ2v) is 4.68. The van der Waals surface area contributed by atoms with Crippen LogP contribution < -0.4 is 10.1 Å². The van der Waals surface area contributed by atoms with E-state index >= 15 is 0 Å². The Morgan fingerprint density at radius 1 is 1.10 bits per heavy atom. The molecule has 2 aromatic carbocycles. The number of nitrogens with one attached hydrogen (secondary N) is 1. The third kappa shape index (κ3) is 3.60. The zero-order valence-corrected chi connectivity index (χ0v) is 11.8. The van der Waals surface area contributed by atoms with Gasteiger partial charge in [-0.1, -0.05) is 48.5 Å². The minimum absolute atomic E-state index is 0.0336. The topological polar surface area (TPSA) is 38.3 Å². The van der Waals surface area contributed by atoms with Crippen LogP contribution in [0.4, 0.5) is 0 Å². The quantitative estimate of drug-likeness (QED) is 0.905. The van der Waals surface area contributed by atoms with Gasteiger partial charge in [-0.25, -0.2) is 0 Å². The molecular formula is C17H19NO2. The third-order valence-corrected chi connectivity index (χ3v) is 3.20. The SMILES string of the molecule is COc1ccccc1CC(NC(C)=O)c1ccccc1. The van der Waals surface area contributed by atoms with Crippen molar-refractivity contribution in [3.05, 3.63) is 65.7 Å². The second kappa shape index (κ2) is 6.75. The first-order valence-corrected chi connectivity index (χ1v) is 6.64. The van der Waals surface area contributed by atoms with Crippen LogP contribution in [0.1, 0.15) is 24.1 Å². The molecule has 20 heavy (non-hydrogen) atoms. The minimum atomic E-state index is -0.0509. The number of hydrogen-bond donors (Lipinski definition) is 1. The van der Waals surface area contributed by atoms with Gasteiger partial charge in [-0.15, -0.1) is 0 Å². The molecule has 0 aliphatic carbocycles. The maximum atomic E-state index is 11.4. The lowest BCUT2D eigenvalue weighted by molar-refractivity contribution is -0.119. The van der Waals surface area contributed by atoms with Gasteiger partial charge in [0, 0.05) is 13.3 Å². The average Bonchev–Trinajstić information content (AvgIpc) is 2.47. The van der Waals surface area contributed by atoms with Crippen LogP contribution in [0, 0.1) is 0 Å². The summed E-state index contributed by atoms with van der Waals surface area (Å²) in [5.41, 5.74) is 2.17. The van der Waals surface area contributed by atoms with E-state index in [1.807, 2.05) is 54.6 Å². The first kappa shape index (κ1) is 14.1. The number of benzene rings is 2. The monoisotopic (exact) mass is 269 g/mol. The Morgan fingerprint density at radius 3 is 2.40 bits per heavy atom. The van der Waals surface area contributed by atoms with Crippen molar-refractivity contribution in [3.8, 4) is 5.75 Å². The van der Waals surface area contributed by atoms with Crippen LogP contribution >= 0.6 is 0 Å². The van der Waals surface area contributed by atoms with Crippen LogP contribution in [0.25, 0.3) is 0 Å². The molecule has 0 aliphatic rings. The van der Waals surface area contributed by atoms with Crippen molar-refractivity contribution in [2.75, 3.05) is 7.11 Å². The highest BCUT2D eigenvalue weighted by Crippen LogP contribution is 2.24. The second-order valence-electron chi connectivity index (χ2n) is 4.68. The Kier molecular flexibility index (Phi) is 4.77. The van der Waals surface area contributed by atoms with E-state index in [4.69, 9.17) is 4.74 Å². The normalized spacial score (nSPS) is 11.7. The highest BCUT2D eigenvalue weighted by atomic mass is 16.5. The third-order valence-electron chi connectivity index (χ3n) is 3.20. The molecule has 1 amide bonds. The largest absolute Gasteiger partial charge is 0.496 e. The van der Waals surface area contributed by atoms with E-state index in [1.165, 1.54) is 6.92 Å². The number of rotatable bonds is 5. The molecule has 0 bridgehead atoms. The lowest BCUT2D eigenvalue weighted by Gasteiger charge is -2.19. The van der Waals surface area contributed by atoms with Gasteiger partial charge in [-0.2, -0.15) is 0 Å². The van der Waals surface area contributed by atoms with Crippen molar-refractivity contribution >= 4 is 5.91 Å². The lowest BCUT2D eigenvalue weighted by atomic mass is 9.98. The molecule has 0 saturated carbocycles. The van der Waals surface area contributed by atoms with E-state index in [1.54, 1.807) is 7.11 Å². The molecular weight excluding hydrogens is 250 g/mol. The van der Waals surface area contributed by atoms with Gasteiger partial charge in [-0.3, -0.25) is 4.79 Å². The van der Waals surface area contributed by atoms with E-state index in [0.717, 1.165) is 16.9 Å². The summed E-state index contributed by atoms with van der Waals surface area (Å²) in [6, 6.07) is 17.8. The number of hydrogen-bond acceptors (Lipinski definition) is 2. The fraction of sp³-hybridized carbons (Fsp3) is 0.235. The van der Waals surface area contributed by atoms with Gasteiger partial charge in [0.15, 0.2) is 0 Å². The summed E-state index contributed by atoms with van der Waals surface area (Å²) < 4.78 is 5.37. The predicted molar refractivity (Wildman–Crippen MR) is 79.7 cm³/mol. The molecule has 1 atom stereocenters. The fourth-order valence-corrected chi connectivity index (χ4v) is 2.27. The summed E-state index contributed by atoms with van der Waals surface area (Å²) in [4.78, 5) is 11.4. The van der Waals surface area contributed by atoms with E-state index in [-0.39, 0.29) is 11.9 Å². The molecule has 1 N–H and O–H groups in total. The van der Waals surface area contributed by atoms with Crippen molar-refractivity contribution in [1.82, 2.24) is 5.32 Å². The summed E-state index contributed by atoms with van der Waals surface area (Å²) in [6.45, 7) is 1.54. The van der Waals surface area contributed by atoms with Crippen LogP contribution in [0.5, 0.6) is 5.75 Å². The lowest BCUT2D eigenvalue weighted by Crippen LogP contribution is -2.27. The molecule has 0 fully saturated rings. The molecule has 0 spiro atoms. The molecule has 0 saturated heterocycles. The maximum absolute atomic E-state index is 11.4. The summed E-state index contributed by atoms with van der Waals surface area (Å²) in [5, 5.41) is 3.00. The van der Waals surface area contributed by atoms with Crippen molar-refractivity contribution in [1.29, 1.82) is 0 Å². The summed E-state index contributed by atoms with van der Waals surface area (Å²) in [7, 11) is 1.66. The van der Waals surface area contributed by atoms with E-state index < -0.39 is 0 Å². The van der Waals surface area contributed by atoms with Gasteiger partial charge < -0.3 is 10.1 Å². The smallest absolute Gasteiger partial charge is 0.217 e. The van der Waals surface area contributed by atoms with Gasteiger partial charge in [-0.05, 0) is 17.2 Å². The summed E-state index contributed by atoms with van der Waals surface area (Å²) >= 11 is 0. The fourth-order valence-electron chi connectivity index (χ4n) is 2.27. The van der Waals surface area contributed by atoms with E-state index in [0.29, 0.717) is 6.42 Å². The van der Waals surface area contributed by atoms with E-state index in [2.05, 4.69) is 5.32 Å². The number of para-hydroxylation sites is 1. The highest BCUT2D eigenvalue weighted by Gasteiger charge is 2.15. The molecule has 3 heteroatoms. The molecule has 0 radical (unpaired) electrons. The number of carbonyl (C=O) groups is 1. The predicted octanol–water partition coefficient (Wildman–Crippen LogP) is 3.12. The van der Waals surface area contributed by atoms with Crippen LogP contribution in [-0.4, -0.2) is 13.0 Å². The standard InChI is InChI=1S/C17H19NO2/c1-13(19)18-16(14-8-4-3-5-9-14)12-15-10-6-7-11-17(15)20-2/h3-11,16H,12H2,1-2H3,(H,18,19). The summed E-state index contributed by atoms with van der Waals surface area (Å²) in [5.74, 6) is 0.813. The molecule has 0 aromatic heterocycles. The Hall–Kier alpha value is -2.29.